The molecule has 0 unspecified atom stereocenters. The topological polar surface area (TPSA) is 90.4 Å². The summed E-state index contributed by atoms with van der Waals surface area (Å²) in [4.78, 5) is 18.3. The van der Waals surface area contributed by atoms with Crippen LogP contribution >= 0.6 is 0 Å². The number of nitrogens with zero attached hydrogens (tertiary/aromatic N) is 1. The first-order chi connectivity index (χ1) is 20.2. The van der Waals surface area contributed by atoms with Gasteiger partial charge in [0.15, 0.2) is 0 Å². The Hall–Kier alpha value is -4.94. The van der Waals surface area contributed by atoms with E-state index in [0.717, 1.165) is 49.9 Å². The van der Waals surface area contributed by atoms with E-state index in [1.165, 1.54) is 0 Å². The molecular weight excluding hydrogens is 510 g/mol. The summed E-state index contributed by atoms with van der Waals surface area (Å²) in [5.41, 5.74) is 10.6. The molecule has 0 aliphatic carbocycles. The smallest absolute Gasteiger partial charge is 0.270 e. The quantitative estimate of drug-likeness (QED) is 0.205. The Morgan fingerprint density at radius 1 is 0.805 bits per heavy atom. The van der Waals surface area contributed by atoms with Crippen LogP contribution in [0.15, 0.2) is 114 Å². The summed E-state index contributed by atoms with van der Waals surface area (Å²) >= 11 is 0. The van der Waals surface area contributed by atoms with Crippen LogP contribution in [0.25, 0.3) is 33.0 Å². The van der Waals surface area contributed by atoms with Crippen molar-refractivity contribution in [2.24, 2.45) is 5.73 Å². The van der Waals surface area contributed by atoms with Crippen molar-refractivity contribution in [1.82, 2.24) is 10.3 Å². The third kappa shape index (κ3) is 5.69. The van der Waals surface area contributed by atoms with Crippen LogP contribution in [-0.4, -0.2) is 30.6 Å². The van der Waals surface area contributed by atoms with Gasteiger partial charge in [-0.05, 0) is 40.6 Å². The van der Waals surface area contributed by atoms with Gasteiger partial charge in [0.1, 0.15) is 23.8 Å². The van der Waals surface area contributed by atoms with E-state index >= 15 is 0 Å². The molecule has 41 heavy (non-hydrogen) atoms. The van der Waals surface area contributed by atoms with Crippen molar-refractivity contribution in [1.29, 1.82) is 0 Å². The van der Waals surface area contributed by atoms with Crippen molar-refractivity contribution < 1.29 is 13.9 Å². The summed E-state index contributed by atoms with van der Waals surface area (Å²) in [6.07, 6.45) is 1.30. The fourth-order valence-corrected chi connectivity index (χ4v) is 5.19. The number of benzene rings is 4. The van der Waals surface area contributed by atoms with Crippen LogP contribution in [0.3, 0.4) is 0 Å². The minimum absolute atomic E-state index is 0.228. The first kappa shape index (κ1) is 26.3. The number of pyridine rings is 1. The fraction of sp³-hybridized carbons (Fsp3) is 0.143. The van der Waals surface area contributed by atoms with Gasteiger partial charge in [0.05, 0.1) is 5.39 Å². The molecule has 3 N–H and O–H groups in total. The maximum absolute atomic E-state index is 13.5. The molecule has 0 aliphatic rings. The Balaban J connectivity index is 1.33. The largest absolute Gasteiger partial charge is 0.492 e. The maximum atomic E-state index is 13.5. The number of aromatic nitrogens is 1. The molecule has 6 rings (SSSR count). The molecule has 0 spiro atoms. The zero-order valence-electron chi connectivity index (χ0n) is 22.7. The van der Waals surface area contributed by atoms with E-state index in [2.05, 4.69) is 29.6 Å². The van der Waals surface area contributed by atoms with Crippen LogP contribution < -0.4 is 15.8 Å². The van der Waals surface area contributed by atoms with E-state index in [1.807, 2.05) is 84.9 Å². The third-order valence-corrected chi connectivity index (χ3v) is 7.12. The molecule has 0 radical (unpaired) electrons. The molecule has 2 aromatic heterocycles. The summed E-state index contributed by atoms with van der Waals surface area (Å²) in [6, 6.07) is 36.2. The molecule has 1 amide bonds. The number of rotatable bonds is 10. The summed E-state index contributed by atoms with van der Waals surface area (Å²) in [7, 11) is 0. The number of furan rings is 1. The average molecular weight is 542 g/mol. The molecule has 6 nitrogen and oxygen atoms in total. The molecule has 0 saturated carbocycles. The predicted molar refractivity (Wildman–Crippen MR) is 163 cm³/mol. The number of hydrogen-bond donors (Lipinski definition) is 2. The molecule has 6 aromatic rings. The molecule has 0 saturated heterocycles. The molecular formula is C35H31N3O3. The van der Waals surface area contributed by atoms with Crippen molar-refractivity contribution in [2.45, 2.75) is 12.8 Å². The Bertz CT molecular complexity index is 1780. The second kappa shape index (κ2) is 12.1. The number of carbonyl (C=O) groups excluding carboxylic acids is 1. The zero-order valence-corrected chi connectivity index (χ0v) is 22.7. The molecule has 6 heteroatoms. The first-order valence-corrected chi connectivity index (χ1v) is 13.8. The highest BCUT2D eigenvalue weighted by molar-refractivity contribution is 6.17. The maximum Gasteiger partial charge on any atom is 0.270 e. The van der Waals surface area contributed by atoms with Crippen LogP contribution in [0.5, 0.6) is 5.75 Å². The van der Waals surface area contributed by atoms with E-state index in [4.69, 9.17) is 19.9 Å². The van der Waals surface area contributed by atoms with E-state index in [9.17, 15) is 4.79 Å². The molecule has 204 valence electrons. The monoisotopic (exact) mass is 541 g/mol. The number of carbonyl (C=O) groups is 1. The average Bonchev–Trinajstić information content (AvgIpc) is 3.39. The molecule has 2 heterocycles. The van der Waals surface area contributed by atoms with Gasteiger partial charge in [-0.25, -0.2) is 4.98 Å². The van der Waals surface area contributed by atoms with Gasteiger partial charge in [-0.3, -0.25) is 4.79 Å². The highest BCUT2D eigenvalue weighted by Crippen LogP contribution is 2.40. The van der Waals surface area contributed by atoms with E-state index in [-0.39, 0.29) is 5.91 Å². The van der Waals surface area contributed by atoms with Gasteiger partial charge >= 0.3 is 0 Å². The Morgan fingerprint density at radius 2 is 1.49 bits per heavy atom. The summed E-state index contributed by atoms with van der Waals surface area (Å²) in [6.45, 7) is 1.43. The minimum atomic E-state index is -0.228. The predicted octanol–water partition coefficient (Wildman–Crippen LogP) is 6.55. The SMILES string of the molecule is NCCOc1ccc(CCNC(=O)c2nc3oc(Cc4ccccc4)c(-c4ccccc4)c3c3ccccc23)cc1. The number of fused-ring (bicyclic) bond motifs is 3. The van der Waals surface area contributed by atoms with Crippen LogP contribution in [-0.2, 0) is 12.8 Å². The van der Waals surface area contributed by atoms with Crippen LogP contribution in [0, 0.1) is 0 Å². The highest BCUT2D eigenvalue weighted by atomic mass is 16.5. The van der Waals surface area contributed by atoms with Crippen molar-refractivity contribution in [3.8, 4) is 16.9 Å². The number of hydrogen-bond acceptors (Lipinski definition) is 5. The van der Waals surface area contributed by atoms with E-state index in [1.54, 1.807) is 0 Å². The minimum Gasteiger partial charge on any atom is -0.492 e. The second-order valence-electron chi connectivity index (χ2n) is 9.90. The van der Waals surface area contributed by atoms with Crippen LogP contribution in [0.2, 0.25) is 0 Å². The lowest BCUT2D eigenvalue weighted by Gasteiger charge is -2.10. The zero-order chi connectivity index (χ0) is 28.0. The third-order valence-electron chi connectivity index (χ3n) is 7.12. The number of nitrogens with two attached hydrogens (primary N) is 1. The lowest BCUT2D eigenvalue weighted by molar-refractivity contribution is 0.0951. The van der Waals surface area contributed by atoms with Crippen molar-refractivity contribution in [2.75, 3.05) is 19.7 Å². The van der Waals surface area contributed by atoms with Crippen LogP contribution in [0.4, 0.5) is 0 Å². The normalized spacial score (nSPS) is 11.1. The van der Waals surface area contributed by atoms with Gasteiger partial charge in [-0.1, -0.05) is 97.1 Å². The van der Waals surface area contributed by atoms with E-state index in [0.29, 0.717) is 43.9 Å². The molecule has 0 atom stereocenters. The van der Waals surface area contributed by atoms with Crippen molar-refractivity contribution >= 4 is 27.8 Å². The van der Waals surface area contributed by atoms with Gasteiger partial charge < -0.3 is 20.2 Å². The van der Waals surface area contributed by atoms with Gasteiger partial charge in [0.2, 0.25) is 5.71 Å². The summed E-state index contributed by atoms with van der Waals surface area (Å²) < 4.78 is 12.0. The molecule has 4 aromatic carbocycles. The van der Waals surface area contributed by atoms with Crippen molar-refractivity contribution in [3.05, 3.63) is 132 Å². The Morgan fingerprint density at radius 3 is 2.22 bits per heavy atom. The van der Waals surface area contributed by atoms with Gasteiger partial charge in [0.25, 0.3) is 5.91 Å². The summed E-state index contributed by atoms with van der Waals surface area (Å²) in [5, 5.41) is 5.71. The Kier molecular flexibility index (Phi) is 7.74. The molecule has 0 aliphatic heterocycles. The molecule has 0 fully saturated rings. The van der Waals surface area contributed by atoms with Gasteiger partial charge in [-0.2, -0.15) is 0 Å². The number of nitrogens with one attached hydrogen (secondary N) is 1. The highest BCUT2D eigenvalue weighted by Gasteiger charge is 2.23. The fourth-order valence-electron chi connectivity index (χ4n) is 5.19. The van der Waals surface area contributed by atoms with E-state index < -0.39 is 0 Å². The van der Waals surface area contributed by atoms with Gasteiger partial charge in [-0.15, -0.1) is 0 Å². The lowest BCUT2D eigenvalue weighted by atomic mass is 9.96. The Labute approximate surface area is 238 Å². The number of amides is 1. The molecule has 0 bridgehead atoms. The van der Waals surface area contributed by atoms with Gasteiger partial charge in [0, 0.05) is 30.5 Å². The summed E-state index contributed by atoms with van der Waals surface area (Å²) in [5.74, 6) is 1.38. The number of ether oxygens (including phenoxy) is 1. The first-order valence-electron chi connectivity index (χ1n) is 13.8. The van der Waals surface area contributed by atoms with Crippen molar-refractivity contribution in [3.63, 3.8) is 0 Å². The van der Waals surface area contributed by atoms with Crippen LogP contribution in [0.1, 0.15) is 27.4 Å². The standard InChI is InChI=1S/C35H31N3O3/c36-20-22-40-27-17-15-24(16-18-27)19-21-37-34(39)33-29-14-8-7-13-28(29)32-31(26-11-5-2-6-12-26)30(41-35(32)38-33)23-25-9-3-1-4-10-25/h1-18H,19-23,36H2,(H,37,39). The second-order valence-corrected chi connectivity index (χ2v) is 9.90. The lowest BCUT2D eigenvalue weighted by Crippen LogP contribution is -2.26.